The van der Waals surface area contributed by atoms with Crippen molar-refractivity contribution in [2.75, 3.05) is 0 Å². The Kier molecular flexibility index (Phi) is 2.34. The van der Waals surface area contributed by atoms with Gasteiger partial charge in [-0.3, -0.25) is 4.68 Å². The van der Waals surface area contributed by atoms with Crippen molar-refractivity contribution in [2.24, 2.45) is 7.05 Å². The van der Waals surface area contributed by atoms with Crippen molar-refractivity contribution in [1.82, 2.24) is 14.8 Å². The number of aryl methyl sites for hydroxylation is 1. The topological polar surface area (TPSA) is 30.7 Å². The van der Waals surface area contributed by atoms with E-state index in [4.69, 9.17) is 11.6 Å². The van der Waals surface area contributed by atoms with Gasteiger partial charge in [-0.2, -0.15) is 5.10 Å². The maximum absolute atomic E-state index is 6.24. The van der Waals surface area contributed by atoms with E-state index in [0.717, 1.165) is 22.3 Å². The molecular weight excluding hydrogens is 234 g/mol. The maximum atomic E-state index is 6.24. The van der Waals surface area contributed by atoms with Gasteiger partial charge in [-0.15, -0.1) is 0 Å². The molecule has 0 aliphatic carbocycles. The minimum Gasteiger partial charge on any atom is -0.275 e. The van der Waals surface area contributed by atoms with Crippen molar-refractivity contribution in [3.63, 3.8) is 0 Å². The number of benzene rings is 1. The van der Waals surface area contributed by atoms with E-state index in [0.29, 0.717) is 5.02 Å². The second-order valence-corrected chi connectivity index (χ2v) is 4.29. The summed E-state index contributed by atoms with van der Waals surface area (Å²) in [6, 6.07) is 11.6. The Bertz CT molecular complexity index is 688. The molecule has 4 heteroatoms. The molecule has 0 radical (unpaired) electrons. The van der Waals surface area contributed by atoms with Crippen molar-refractivity contribution >= 4 is 22.5 Å². The van der Waals surface area contributed by atoms with Crippen molar-refractivity contribution in [3.8, 4) is 11.4 Å². The highest BCUT2D eigenvalue weighted by Crippen LogP contribution is 2.26. The van der Waals surface area contributed by atoms with Crippen molar-refractivity contribution < 1.29 is 0 Å². The van der Waals surface area contributed by atoms with Gasteiger partial charge in [0.1, 0.15) is 5.69 Å². The van der Waals surface area contributed by atoms with Crippen LogP contribution in [0.4, 0.5) is 0 Å². The van der Waals surface area contributed by atoms with E-state index in [-0.39, 0.29) is 0 Å². The fourth-order valence-electron chi connectivity index (χ4n) is 1.82. The lowest BCUT2D eigenvalue weighted by atomic mass is 10.2. The predicted octanol–water partition coefficient (Wildman–Crippen LogP) is 3.29. The molecule has 1 aromatic carbocycles. The Balaban J connectivity index is 2.25. The predicted molar refractivity (Wildman–Crippen MR) is 69.0 cm³/mol. The molecule has 17 heavy (non-hydrogen) atoms. The molecule has 0 amide bonds. The smallest absolute Gasteiger partial charge is 0.111 e. The lowest BCUT2D eigenvalue weighted by Crippen LogP contribution is -1.90. The van der Waals surface area contributed by atoms with Crippen LogP contribution in [0.15, 0.2) is 42.6 Å². The first kappa shape index (κ1) is 10.3. The first-order valence-electron chi connectivity index (χ1n) is 5.29. The number of pyridine rings is 1. The van der Waals surface area contributed by atoms with E-state index in [1.165, 1.54) is 0 Å². The quantitative estimate of drug-likeness (QED) is 0.657. The molecule has 0 aliphatic rings. The standard InChI is InChI=1S/C13H10ClN3/c1-17-7-6-12(16-17)13-8-10(14)9-4-2-3-5-11(9)15-13/h2-8H,1H3. The molecule has 0 saturated heterocycles. The second kappa shape index (κ2) is 3.86. The van der Waals surface area contributed by atoms with E-state index in [1.54, 1.807) is 4.68 Å². The molecule has 3 rings (SSSR count). The Morgan fingerprint density at radius 3 is 2.71 bits per heavy atom. The molecule has 0 fully saturated rings. The van der Waals surface area contributed by atoms with Gasteiger partial charge in [0.15, 0.2) is 0 Å². The zero-order valence-corrected chi connectivity index (χ0v) is 10.0. The van der Waals surface area contributed by atoms with Gasteiger partial charge in [-0.05, 0) is 18.2 Å². The largest absolute Gasteiger partial charge is 0.275 e. The summed E-state index contributed by atoms with van der Waals surface area (Å²) in [4.78, 5) is 4.56. The van der Waals surface area contributed by atoms with Gasteiger partial charge in [0.2, 0.25) is 0 Å². The number of fused-ring (bicyclic) bond motifs is 1. The summed E-state index contributed by atoms with van der Waals surface area (Å²) >= 11 is 6.24. The average Bonchev–Trinajstić information content (AvgIpc) is 2.76. The summed E-state index contributed by atoms with van der Waals surface area (Å²) < 4.78 is 1.75. The van der Waals surface area contributed by atoms with Gasteiger partial charge >= 0.3 is 0 Å². The van der Waals surface area contributed by atoms with Crippen molar-refractivity contribution in [1.29, 1.82) is 0 Å². The third-order valence-corrected chi connectivity index (χ3v) is 2.95. The van der Waals surface area contributed by atoms with Crippen molar-refractivity contribution in [2.45, 2.75) is 0 Å². The SMILES string of the molecule is Cn1ccc(-c2cc(Cl)c3ccccc3n2)n1. The van der Waals surface area contributed by atoms with Crippen LogP contribution < -0.4 is 0 Å². The summed E-state index contributed by atoms with van der Waals surface area (Å²) in [5.74, 6) is 0. The van der Waals surface area contributed by atoms with Gasteiger partial charge in [0.25, 0.3) is 0 Å². The van der Waals surface area contributed by atoms with Crippen LogP contribution in [0.25, 0.3) is 22.3 Å². The zero-order valence-electron chi connectivity index (χ0n) is 9.26. The molecule has 0 bridgehead atoms. The molecule has 3 aromatic rings. The molecule has 84 valence electrons. The number of hydrogen-bond acceptors (Lipinski definition) is 2. The molecule has 0 aliphatic heterocycles. The van der Waals surface area contributed by atoms with Gasteiger partial charge in [0.05, 0.1) is 16.2 Å². The summed E-state index contributed by atoms with van der Waals surface area (Å²) in [6.07, 6.45) is 1.89. The Morgan fingerprint density at radius 2 is 1.94 bits per heavy atom. The summed E-state index contributed by atoms with van der Waals surface area (Å²) in [5, 5.41) is 6.00. The van der Waals surface area contributed by atoms with E-state index in [2.05, 4.69) is 10.1 Å². The van der Waals surface area contributed by atoms with E-state index < -0.39 is 0 Å². The molecular formula is C13H10ClN3. The number of para-hydroxylation sites is 1. The van der Waals surface area contributed by atoms with Crippen LogP contribution in [0.3, 0.4) is 0 Å². The number of hydrogen-bond donors (Lipinski definition) is 0. The van der Waals surface area contributed by atoms with Crippen LogP contribution in [0.1, 0.15) is 0 Å². The van der Waals surface area contributed by atoms with Crippen LogP contribution >= 0.6 is 11.6 Å². The summed E-state index contributed by atoms with van der Waals surface area (Å²) in [7, 11) is 1.88. The van der Waals surface area contributed by atoms with Gasteiger partial charge in [0, 0.05) is 18.6 Å². The lowest BCUT2D eigenvalue weighted by Gasteiger charge is -2.02. The maximum Gasteiger partial charge on any atom is 0.111 e. The van der Waals surface area contributed by atoms with Crippen LogP contribution in [-0.2, 0) is 7.05 Å². The molecule has 3 nitrogen and oxygen atoms in total. The minimum atomic E-state index is 0.705. The van der Waals surface area contributed by atoms with Gasteiger partial charge < -0.3 is 0 Å². The molecule has 0 saturated carbocycles. The normalized spacial score (nSPS) is 10.9. The van der Waals surface area contributed by atoms with Crippen LogP contribution in [0, 0.1) is 0 Å². The van der Waals surface area contributed by atoms with E-state index >= 15 is 0 Å². The third kappa shape index (κ3) is 1.78. The fraction of sp³-hybridized carbons (Fsp3) is 0.0769. The lowest BCUT2D eigenvalue weighted by molar-refractivity contribution is 0.770. The van der Waals surface area contributed by atoms with E-state index in [9.17, 15) is 0 Å². The fourth-order valence-corrected chi connectivity index (χ4v) is 2.08. The Labute approximate surface area is 104 Å². The average molecular weight is 244 g/mol. The highest BCUT2D eigenvalue weighted by Gasteiger charge is 2.07. The van der Waals surface area contributed by atoms with Crippen LogP contribution in [0.5, 0.6) is 0 Å². The van der Waals surface area contributed by atoms with E-state index in [1.807, 2.05) is 49.6 Å². The third-order valence-electron chi connectivity index (χ3n) is 2.64. The first-order chi connectivity index (χ1) is 8.24. The van der Waals surface area contributed by atoms with Gasteiger partial charge in [-0.1, -0.05) is 29.8 Å². The van der Waals surface area contributed by atoms with Crippen LogP contribution in [0.2, 0.25) is 5.02 Å². The van der Waals surface area contributed by atoms with Crippen LogP contribution in [-0.4, -0.2) is 14.8 Å². The zero-order chi connectivity index (χ0) is 11.8. The highest BCUT2D eigenvalue weighted by atomic mass is 35.5. The first-order valence-corrected chi connectivity index (χ1v) is 5.67. The Hall–Kier alpha value is -1.87. The summed E-state index contributed by atoms with van der Waals surface area (Å²) in [6.45, 7) is 0. The monoisotopic (exact) mass is 243 g/mol. The molecule has 0 unspecified atom stereocenters. The number of rotatable bonds is 1. The molecule has 0 spiro atoms. The van der Waals surface area contributed by atoms with Crippen molar-refractivity contribution in [3.05, 3.63) is 47.6 Å². The summed E-state index contributed by atoms with van der Waals surface area (Å²) in [5.41, 5.74) is 2.52. The molecule has 0 N–H and O–H groups in total. The Morgan fingerprint density at radius 1 is 1.12 bits per heavy atom. The molecule has 0 atom stereocenters. The number of nitrogens with zero attached hydrogens (tertiary/aromatic N) is 3. The molecule has 2 aromatic heterocycles. The minimum absolute atomic E-state index is 0.705. The number of aromatic nitrogens is 3. The molecule has 2 heterocycles. The number of halogens is 1. The highest BCUT2D eigenvalue weighted by molar-refractivity contribution is 6.35. The second-order valence-electron chi connectivity index (χ2n) is 3.88. The van der Waals surface area contributed by atoms with Gasteiger partial charge in [-0.25, -0.2) is 4.98 Å².